The maximum absolute atomic E-state index is 5.88. The van der Waals surface area contributed by atoms with Crippen molar-refractivity contribution in [3.63, 3.8) is 0 Å². The van der Waals surface area contributed by atoms with E-state index in [9.17, 15) is 0 Å². The molecule has 2 atom stereocenters. The highest BCUT2D eigenvalue weighted by molar-refractivity contribution is 6.30. The highest BCUT2D eigenvalue weighted by Gasteiger charge is 2.35. The lowest BCUT2D eigenvalue weighted by molar-refractivity contribution is -0.0539. The number of fused-ring (bicyclic) bond motifs is 1. The molecular weight excluding hydrogens is 260 g/mol. The fourth-order valence-corrected chi connectivity index (χ4v) is 3.32. The van der Waals surface area contributed by atoms with Crippen molar-refractivity contribution in [2.45, 2.75) is 31.4 Å². The van der Waals surface area contributed by atoms with Crippen LogP contribution >= 0.6 is 11.6 Å². The number of hydrogen-bond acceptors (Lipinski definition) is 3. The lowest BCUT2D eigenvalue weighted by Gasteiger charge is -2.37. The number of morpholine rings is 1. The molecule has 0 radical (unpaired) electrons. The number of anilines is 1. The summed E-state index contributed by atoms with van der Waals surface area (Å²) in [6, 6.07) is 8.55. The molecule has 0 bridgehead atoms. The molecule has 1 heterocycles. The Morgan fingerprint density at radius 1 is 1.26 bits per heavy atom. The Morgan fingerprint density at radius 3 is 2.95 bits per heavy atom. The van der Waals surface area contributed by atoms with Crippen LogP contribution in [0.15, 0.2) is 24.3 Å². The summed E-state index contributed by atoms with van der Waals surface area (Å²) in [4.78, 5) is 2.59. The number of rotatable bonds is 4. The minimum Gasteiger partial charge on any atom is -0.384 e. The van der Waals surface area contributed by atoms with E-state index in [-0.39, 0.29) is 0 Å². The Kier molecular flexibility index (Phi) is 4.26. The SMILES string of the molecule is Clc1ccc(NCCN2CCOC3CCCC32)cc1. The molecule has 2 aliphatic rings. The van der Waals surface area contributed by atoms with Gasteiger partial charge in [0.25, 0.3) is 0 Å². The summed E-state index contributed by atoms with van der Waals surface area (Å²) in [5.41, 5.74) is 1.14. The monoisotopic (exact) mass is 280 g/mol. The van der Waals surface area contributed by atoms with E-state index < -0.39 is 0 Å². The van der Waals surface area contributed by atoms with Crippen LogP contribution in [0.2, 0.25) is 5.02 Å². The molecule has 0 aromatic heterocycles. The van der Waals surface area contributed by atoms with Crippen LogP contribution in [0.3, 0.4) is 0 Å². The highest BCUT2D eigenvalue weighted by atomic mass is 35.5. The van der Waals surface area contributed by atoms with Gasteiger partial charge in [0, 0.05) is 36.4 Å². The Balaban J connectivity index is 1.48. The number of nitrogens with zero attached hydrogens (tertiary/aromatic N) is 1. The topological polar surface area (TPSA) is 24.5 Å². The molecule has 1 aromatic carbocycles. The molecule has 0 spiro atoms. The number of halogens is 1. The van der Waals surface area contributed by atoms with Crippen LogP contribution < -0.4 is 5.32 Å². The van der Waals surface area contributed by atoms with Crippen LogP contribution in [-0.2, 0) is 4.74 Å². The van der Waals surface area contributed by atoms with Crippen LogP contribution in [0.5, 0.6) is 0 Å². The van der Waals surface area contributed by atoms with Gasteiger partial charge in [-0.2, -0.15) is 0 Å². The summed E-state index contributed by atoms with van der Waals surface area (Å²) < 4.78 is 5.83. The second-order valence-electron chi connectivity index (χ2n) is 5.38. The Hall–Kier alpha value is -0.770. The molecule has 1 aromatic rings. The van der Waals surface area contributed by atoms with Crippen LogP contribution in [0.25, 0.3) is 0 Å². The minimum absolute atomic E-state index is 0.490. The van der Waals surface area contributed by atoms with E-state index in [4.69, 9.17) is 16.3 Å². The largest absolute Gasteiger partial charge is 0.384 e. The van der Waals surface area contributed by atoms with E-state index in [2.05, 4.69) is 10.2 Å². The zero-order valence-corrected chi connectivity index (χ0v) is 11.9. The summed E-state index contributed by atoms with van der Waals surface area (Å²) >= 11 is 5.88. The Bertz CT molecular complexity index is 409. The molecule has 3 nitrogen and oxygen atoms in total. The number of benzene rings is 1. The first-order chi connectivity index (χ1) is 9.33. The summed E-state index contributed by atoms with van der Waals surface area (Å²) in [6.45, 7) is 4.03. The fourth-order valence-electron chi connectivity index (χ4n) is 3.19. The maximum atomic E-state index is 5.88. The molecule has 104 valence electrons. The standard InChI is InChI=1S/C15H21ClN2O/c16-12-4-6-13(7-5-12)17-8-9-18-10-11-19-15-3-1-2-14(15)18/h4-7,14-15,17H,1-3,8-11H2. The molecule has 1 N–H and O–H groups in total. The van der Waals surface area contributed by atoms with Gasteiger partial charge < -0.3 is 10.1 Å². The van der Waals surface area contributed by atoms with Crippen molar-refractivity contribution >= 4 is 17.3 Å². The predicted octanol–water partition coefficient (Wildman–Crippen LogP) is 3.01. The second kappa shape index (κ2) is 6.12. The summed E-state index contributed by atoms with van der Waals surface area (Å²) in [5.74, 6) is 0. The third-order valence-electron chi connectivity index (χ3n) is 4.17. The van der Waals surface area contributed by atoms with E-state index in [0.29, 0.717) is 12.1 Å². The van der Waals surface area contributed by atoms with Gasteiger partial charge in [-0.05, 0) is 43.5 Å². The van der Waals surface area contributed by atoms with Crippen molar-refractivity contribution in [2.24, 2.45) is 0 Å². The third-order valence-corrected chi connectivity index (χ3v) is 4.42. The lowest BCUT2D eigenvalue weighted by atomic mass is 10.1. The molecule has 3 rings (SSSR count). The van der Waals surface area contributed by atoms with E-state index in [0.717, 1.165) is 37.0 Å². The molecule has 1 aliphatic heterocycles. The minimum atomic E-state index is 0.490. The third kappa shape index (κ3) is 3.22. The van der Waals surface area contributed by atoms with Crippen LogP contribution in [0, 0.1) is 0 Å². The van der Waals surface area contributed by atoms with Gasteiger partial charge in [-0.3, -0.25) is 4.90 Å². The first-order valence-electron chi connectivity index (χ1n) is 7.18. The van der Waals surface area contributed by atoms with Crippen LogP contribution in [0.4, 0.5) is 5.69 Å². The van der Waals surface area contributed by atoms with Gasteiger partial charge in [-0.25, -0.2) is 0 Å². The second-order valence-corrected chi connectivity index (χ2v) is 5.81. The molecule has 1 saturated carbocycles. The van der Waals surface area contributed by atoms with Crippen molar-refractivity contribution in [3.8, 4) is 0 Å². The molecule has 4 heteroatoms. The van der Waals surface area contributed by atoms with Crippen LogP contribution in [0.1, 0.15) is 19.3 Å². The average molecular weight is 281 g/mol. The highest BCUT2D eigenvalue weighted by Crippen LogP contribution is 2.29. The van der Waals surface area contributed by atoms with E-state index >= 15 is 0 Å². The fraction of sp³-hybridized carbons (Fsp3) is 0.600. The zero-order chi connectivity index (χ0) is 13.1. The van der Waals surface area contributed by atoms with Gasteiger partial charge in [0.1, 0.15) is 0 Å². The number of nitrogens with one attached hydrogen (secondary N) is 1. The molecular formula is C15H21ClN2O. The summed E-state index contributed by atoms with van der Waals surface area (Å²) in [7, 11) is 0. The summed E-state index contributed by atoms with van der Waals surface area (Å²) in [5, 5.41) is 4.24. The smallest absolute Gasteiger partial charge is 0.0730 e. The summed E-state index contributed by atoms with van der Waals surface area (Å²) in [6.07, 6.45) is 4.35. The molecule has 2 fully saturated rings. The van der Waals surface area contributed by atoms with Crippen LogP contribution in [-0.4, -0.2) is 43.3 Å². The Labute approximate surface area is 119 Å². The quantitative estimate of drug-likeness (QED) is 0.918. The van der Waals surface area contributed by atoms with Crippen molar-refractivity contribution in [1.82, 2.24) is 4.90 Å². The number of ether oxygens (including phenoxy) is 1. The normalized spacial score (nSPS) is 27.2. The van der Waals surface area contributed by atoms with Crippen molar-refractivity contribution in [3.05, 3.63) is 29.3 Å². The van der Waals surface area contributed by atoms with Gasteiger partial charge in [-0.15, -0.1) is 0 Å². The molecule has 0 amide bonds. The van der Waals surface area contributed by atoms with Gasteiger partial charge >= 0.3 is 0 Å². The van der Waals surface area contributed by atoms with E-state index in [1.807, 2.05) is 24.3 Å². The number of hydrogen-bond donors (Lipinski definition) is 1. The molecule has 1 saturated heterocycles. The van der Waals surface area contributed by atoms with Gasteiger partial charge in [0.15, 0.2) is 0 Å². The molecule has 19 heavy (non-hydrogen) atoms. The zero-order valence-electron chi connectivity index (χ0n) is 11.1. The maximum Gasteiger partial charge on any atom is 0.0730 e. The van der Waals surface area contributed by atoms with Gasteiger partial charge in [-0.1, -0.05) is 11.6 Å². The molecule has 1 aliphatic carbocycles. The van der Waals surface area contributed by atoms with Crippen molar-refractivity contribution in [2.75, 3.05) is 31.6 Å². The van der Waals surface area contributed by atoms with Crippen molar-refractivity contribution in [1.29, 1.82) is 0 Å². The van der Waals surface area contributed by atoms with Crippen molar-refractivity contribution < 1.29 is 4.74 Å². The van der Waals surface area contributed by atoms with E-state index in [1.165, 1.54) is 19.3 Å². The average Bonchev–Trinajstić information content (AvgIpc) is 2.90. The first-order valence-corrected chi connectivity index (χ1v) is 7.56. The lowest BCUT2D eigenvalue weighted by Crippen LogP contribution is -2.49. The van der Waals surface area contributed by atoms with Gasteiger partial charge in [0.2, 0.25) is 0 Å². The Morgan fingerprint density at radius 2 is 2.11 bits per heavy atom. The van der Waals surface area contributed by atoms with E-state index in [1.54, 1.807) is 0 Å². The molecule has 2 unspecified atom stereocenters. The van der Waals surface area contributed by atoms with Gasteiger partial charge in [0.05, 0.1) is 12.7 Å². The first kappa shape index (κ1) is 13.2. The predicted molar refractivity (Wildman–Crippen MR) is 78.9 cm³/mol.